The number of halogens is 1. The second-order valence-corrected chi connectivity index (χ2v) is 3.84. The minimum atomic E-state index is -0.195. The third-order valence-electron chi connectivity index (χ3n) is 2.36. The van der Waals surface area contributed by atoms with E-state index < -0.39 is 0 Å². The first-order chi connectivity index (χ1) is 8.26. The van der Waals surface area contributed by atoms with E-state index in [2.05, 4.69) is 0 Å². The van der Waals surface area contributed by atoms with Crippen molar-refractivity contribution in [2.24, 2.45) is 5.73 Å². The highest BCUT2D eigenvalue weighted by Crippen LogP contribution is 2.13. The third kappa shape index (κ3) is 6.81. The van der Waals surface area contributed by atoms with Crippen molar-refractivity contribution in [2.45, 2.75) is 19.4 Å². The zero-order valence-electron chi connectivity index (χ0n) is 10.7. The molecule has 5 heteroatoms. The number of rotatable bonds is 8. The Morgan fingerprint density at radius 2 is 1.89 bits per heavy atom. The lowest BCUT2D eigenvalue weighted by molar-refractivity contribution is 0.110. The molecule has 18 heavy (non-hydrogen) atoms. The van der Waals surface area contributed by atoms with Gasteiger partial charge in [0.05, 0.1) is 13.2 Å². The first-order valence-electron chi connectivity index (χ1n) is 5.92. The van der Waals surface area contributed by atoms with Crippen molar-refractivity contribution >= 4 is 12.4 Å². The van der Waals surface area contributed by atoms with Crippen molar-refractivity contribution in [3.63, 3.8) is 0 Å². The fraction of sp³-hybridized carbons (Fsp3) is 0.538. The van der Waals surface area contributed by atoms with Crippen LogP contribution in [-0.4, -0.2) is 37.6 Å². The Morgan fingerprint density at radius 3 is 2.44 bits per heavy atom. The van der Waals surface area contributed by atoms with Gasteiger partial charge in [0.25, 0.3) is 0 Å². The van der Waals surface area contributed by atoms with Gasteiger partial charge in [0.2, 0.25) is 0 Å². The van der Waals surface area contributed by atoms with E-state index in [1.807, 2.05) is 31.2 Å². The van der Waals surface area contributed by atoms with Gasteiger partial charge in [-0.2, -0.15) is 0 Å². The average molecular weight is 276 g/mol. The van der Waals surface area contributed by atoms with Gasteiger partial charge in [-0.25, -0.2) is 0 Å². The number of aliphatic hydroxyl groups is 1. The summed E-state index contributed by atoms with van der Waals surface area (Å²) in [4.78, 5) is 0. The Labute approximate surface area is 115 Å². The van der Waals surface area contributed by atoms with Crippen molar-refractivity contribution < 1.29 is 14.6 Å². The van der Waals surface area contributed by atoms with Gasteiger partial charge in [-0.1, -0.05) is 12.1 Å². The number of hydrogen-bond donors (Lipinski definition) is 2. The molecule has 1 rings (SSSR count). The van der Waals surface area contributed by atoms with Crippen LogP contribution in [0.5, 0.6) is 5.75 Å². The smallest absolute Gasteiger partial charge is 0.119 e. The van der Waals surface area contributed by atoms with Gasteiger partial charge in [0, 0.05) is 12.6 Å². The first kappa shape index (κ1) is 17.2. The molecule has 1 atom stereocenters. The average Bonchev–Trinajstić information content (AvgIpc) is 2.36. The minimum Gasteiger partial charge on any atom is -0.491 e. The van der Waals surface area contributed by atoms with Crippen molar-refractivity contribution in [2.75, 3.05) is 26.4 Å². The standard InChI is InChI=1S/C13H21NO3.ClH/c1-2-16-7-8-17-13-5-3-11(4-6-13)9-12(14)10-15;/h3-6,12,15H,2,7-10,14H2,1H3;1H. The van der Waals surface area contributed by atoms with E-state index in [0.29, 0.717) is 26.2 Å². The van der Waals surface area contributed by atoms with Gasteiger partial charge in [-0.05, 0) is 31.0 Å². The second kappa shape index (κ2) is 10.1. The molecule has 0 aromatic heterocycles. The summed E-state index contributed by atoms with van der Waals surface area (Å²) in [5.41, 5.74) is 6.76. The Morgan fingerprint density at radius 1 is 1.22 bits per heavy atom. The highest BCUT2D eigenvalue weighted by atomic mass is 35.5. The molecule has 3 N–H and O–H groups in total. The van der Waals surface area contributed by atoms with Crippen molar-refractivity contribution in [1.82, 2.24) is 0 Å². The van der Waals surface area contributed by atoms with E-state index in [-0.39, 0.29) is 25.1 Å². The zero-order chi connectivity index (χ0) is 12.5. The largest absolute Gasteiger partial charge is 0.491 e. The minimum absolute atomic E-state index is 0. The lowest BCUT2D eigenvalue weighted by atomic mass is 10.1. The number of hydrogen-bond acceptors (Lipinski definition) is 4. The predicted molar refractivity (Wildman–Crippen MR) is 74.4 cm³/mol. The predicted octanol–water partition coefficient (Wildman–Crippen LogP) is 1.39. The van der Waals surface area contributed by atoms with E-state index in [9.17, 15) is 0 Å². The lowest BCUT2D eigenvalue weighted by Crippen LogP contribution is -2.26. The second-order valence-electron chi connectivity index (χ2n) is 3.84. The summed E-state index contributed by atoms with van der Waals surface area (Å²) in [6.07, 6.45) is 0.676. The Hall–Kier alpha value is -0.810. The van der Waals surface area contributed by atoms with E-state index in [4.69, 9.17) is 20.3 Å². The number of aliphatic hydroxyl groups excluding tert-OH is 1. The maximum absolute atomic E-state index is 8.85. The molecule has 0 fully saturated rings. The summed E-state index contributed by atoms with van der Waals surface area (Å²) in [5.74, 6) is 0.825. The van der Waals surface area contributed by atoms with Crippen LogP contribution in [-0.2, 0) is 11.2 Å². The highest BCUT2D eigenvalue weighted by molar-refractivity contribution is 5.85. The molecule has 0 aliphatic heterocycles. The van der Waals surface area contributed by atoms with Gasteiger partial charge in [-0.3, -0.25) is 0 Å². The molecule has 0 saturated heterocycles. The maximum atomic E-state index is 8.85. The molecule has 0 saturated carbocycles. The van der Waals surface area contributed by atoms with Gasteiger partial charge in [-0.15, -0.1) is 12.4 Å². The van der Waals surface area contributed by atoms with Crippen LogP contribution in [0.1, 0.15) is 12.5 Å². The third-order valence-corrected chi connectivity index (χ3v) is 2.36. The molecule has 104 valence electrons. The summed E-state index contributed by atoms with van der Waals surface area (Å²) < 4.78 is 10.7. The quantitative estimate of drug-likeness (QED) is 0.704. The fourth-order valence-corrected chi connectivity index (χ4v) is 1.45. The van der Waals surface area contributed by atoms with E-state index in [1.165, 1.54) is 0 Å². The van der Waals surface area contributed by atoms with Crippen LogP contribution >= 0.6 is 12.4 Å². The van der Waals surface area contributed by atoms with Crippen molar-refractivity contribution in [3.05, 3.63) is 29.8 Å². The van der Waals surface area contributed by atoms with Crippen LogP contribution < -0.4 is 10.5 Å². The summed E-state index contributed by atoms with van der Waals surface area (Å²) in [7, 11) is 0. The molecular weight excluding hydrogens is 254 g/mol. The Balaban J connectivity index is 0.00000289. The van der Waals surface area contributed by atoms with Crippen LogP contribution in [0.15, 0.2) is 24.3 Å². The number of benzene rings is 1. The fourth-order valence-electron chi connectivity index (χ4n) is 1.45. The normalized spacial score (nSPS) is 11.7. The van der Waals surface area contributed by atoms with Crippen molar-refractivity contribution in [3.8, 4) is 5.75 Å². The molecule has 0 spiro atoms. The molecule has 0 radical (unpaired) electrons. The van der Waals surface area contributed by atoms with Gasteiger partial charge >= 0.3 is 0 Å². The number of ether oxygens (including phenoxy) is 2. The Bertz CT molecular complexity index is 306. The highest BCUT2D eigenvalue weighted by Gasteiger charge is 2.02. The molecule has 0 aliphatic rings. The summed E-state index contributed by atoms with van der Waals surface area (Å²) in [5, 5.41) is 8.85. The van der Waals surface area contributed by atoms with Crippen LogP contribution in [0.3, 0.4) is 0 Å². The molecular formula is C13H22ClNO3. The monoisotopic (exact) mass is 275 g/mol. The molecule has 0 bridgehead atoms. The maximum Gasteiger partial charge on any atom is 0.119 e. The summed E-state index contributed by atoms with van der Waals surface area (Å²) in [6, 6.07) is 7.55. The molecule has 1 unspecified atom stereocenters. The van der Waals surface area contributed by atoms with E-state index in [1.54, 1.807) is 0 Å². The topological polar surface area (TPSA) is 64.7 Å². The van der Waals surface area contributed by atoms with E-state index >= 15 is 0 Å². The summed E-state index contributed by atoms with van der Waals surface area (Å²) in [6.45, 7) is 3.84. The molecule has 1 aromatic carbocycles. The van der Waals surface area contributed by atoms with Gasteiger partial charge < -0.3 is 20.3 Å². The van der Waals surface area contributed by atoms with Crippen LogP contribution in [0.4, 0.5) is 0 Å². The van der Waals surface area contributed by atoms with Crippen LogP contribution in [0.25, 0.3) is 0 Å². The van der Waals surface area contributed by atoms with Crippen LogP contribution in [0, 0.1) is 0 Å². The summed E-state index contributed by atoms with van der Waals surface area (Å²) >= 11 is 0. The molecule has 0 heterocycles. The molecule has 0 amide bonds. The van der Waals surface area contributed by atoms with Crippen molar-refractivity contribution in [1.29, 1.82) is 0 Å². The molecule has 0 aliphatic carbocycles. The zero-order valence-corrected chi connectivity index (χ0v) is 11.5. The Kier molecular flexibility index (Phi) is 9.69. The van der Waals surface area contributed by atoms with E-state index in [0.717, 1.165) is 11.3 Å². The SMILES string of the molecule is CCOCCOc1ccc(CC(N)CO)cc1.Cl. The van der Waals surface area contributed by atoms with Gasteiger partial charge in [0.1, 0.15) is 12.4 Å². The van der Waals surface area contributed by atoms with Gasteiger partial charge in [0.15, 0.2) is 0 Å². The number of nitrogens with two attached hydrogens (primary N) is 1. The molecule has 4 nitrogen and oxygen atoms in total. The molecule has 1 aromatic rings. The lowest BCUT2D eigenvalue weighted by Gasteiger charge is -2.09. The first-order valence-corrected chi connectivity index (χ1v) is 5.92. The van der Waals surface area contributed by atoms with Crippen LogP contribution in [0.2, 0.25) is 0 Å².